The molecule has 2 aliphatic rings. The summed E-state index contributed by atoms with van der Waals surface area (Å²) < 4.78 is 0. The molecule has 0 bridgehead atoms. The molecule has 1 N–H and O–H groups in total. The molecule has 4 heteroatoms. The van der Waals surface area contributed by atoms with Crippen molar-refractivity contribution >= 4 is 18.3 Å². The normalized spacial score (nSPS) is 21.9. The minimum absolute atomic E-state index is 0. The van der Waals surface area contributed by atoms with Gasteiger partial charge in [0.2, 0.25) is 5.91 Å². The zero-order chi connectivity index (χ0) is 14.7. The predicted molar refractivity (Wildman–Crippen MR) is 92.3 cm³/mol. The summed E-state index contributed by atoms with van der Waals surface area (Å²) in [7, 11) is 0. The minimum Gasteiger partial charge on any atom is -0.336 e. The fraction of sp³-hybridized carbons (Fsp3) is 0.611. The van der Waals surface area contributed by atoms with Crippen molar-refractivity contribution in [3.8, 4) is 0 Å². The summed E-state index contributed by atoms with van der Waals surface area (Å²) in [6, 6.07) is 8.78. The van der Waals surface area contributed by atoms with Crippen LogP contribution in [0.15, 0.2) is 24.3 Å². The first-order chi connectivity index (χ1) is 10.3. The Labute approximate surface area is 139 Å². The van der Waals surface area contributed by atoms with Gasteiger partial charge in [0, 0.05) is 13.0 Å². The lowest BCUT2D eigenvalue weighted by atomic mass is 9.91. The number of piperidine rings is 1. The van der Waals surface area contributed by atoms with Crippen molar-refractivity contribution in [1.82, 2.24) is 10.2 Å². The van der Waals surface area contributed by atoms with Gasteiger partial charge in [-0.15, -0.1) is 12.4 Å². The Kier molecular flexibility index (Phi) is 6.27. The monoisotopic (exact) mass is 322 g/mol. The third kappa shape index (κ3) is 3.82. The van der Waals surface area contributed by atoms with Gasteiger partial charge in [0.05, 0.1) is 6.04 Å². The number of hydrogen-bond acceptors (Lipinski definition) is 2. The highest BCUT2D eigenvalue weighted by molar-refractivity contribution is 5.85. The molecule has 122 valence electrons. The first-order valence-corrected chi connectivity index (χ1v) is 8.33. The van der Waals surface area contributed by atoms with E-state index in [9.17, 15) is 4.79 Å². The van der Waals surface area contributed by atoms with Gasteiger partial charge in [-0.2, -0.15) is 0 Å². The third-order valence-electron chi connectivity index (χ3n) is 5.14. The molecule has 2 aliphatic heterocycles. The number of rotatable bonds is 3. The van der Waals surface area contributed by atoms with E-state index in [4.69, 9.17) is 0 Å². The number of carbonyl (C=O) groups is 1. The van der Waals surface area contributed by atoms with Gasteiger partial charge in [-0.1, -0.05) is 24.3 Å². The van der Waals surface area contributed by atoms with Crippen LogP contribution in [0.4, 0.5) is 0 Å². The molecule has 2 heterocycles. The summed E-state index contributed by atoms with van der Waals surface area (Å²) in [5.74, 6) is 1.08. The van der Waals surface area contributed by atoms with Crippen molar-refractivity contribution in [3.05, 3.63) is 35.4 Å². The number of amides is 1. The Morgan fingerprint density at radius 1 is 1.27 bits per heavy atom. The van der Waals surface area contributed by atoms with E-state index in [1.165, 1.54) is 24.0 Å². The molecule has 3 nitrogen and oxygen atoms in total. The number of nitrogens with one attached hydrogen (secondary N) is 1. The average molecular weight is 323 g/mol. The lowest BCUT2D eigenvalue weighted by molar-refractivity contribution is -0.134. The summed E-state index contributed by atoms with van der Waals surface area (Å²) in [5.41, 5.74) is 2.74. The van der Waals surface area contributed by atoms with Gasteiger partial charge in [0.15, 0.2) is 0 Å². The van der Waals surface area contributed by atoms with Crippen LogP contribution in [0.1, 0.15) is 49.8 Å². The van der Waals surface area contributed by atoms with Crippen molar-refractivity contribution in [3.63, 3.8) is 0 Å². The third-order valence-corrected chi connectivity index (χ3v) is 5.14. The Morgan fingerprint density at radius 3 is 2.77 bits per heavy atom. The van der Waals surface area contributed by atoms with E-state index in [2.05, 4.69) is 41.4 Å². The lowest BCUT2D eigenvalue weighted by Gasteiger charge is -2.35. The first kappa shape index (κ1) is 17.3. The number of halogens is 1. The van der Waals surface area contributed by atoms with E-state index in [1.54, 1.807) is 0 Å². The summed E-state index contributed by atoms with van der Waals surface area (Å²) in [5, 5.41) is 3.39. The maximum Gasteiger partial charge on any atom is 0.223 e. The fourth-order valence-corrected chi connectivity index (χ4v) is 3.75. The summed E-state index contributed by atoms with van der Waals surface area (Å²) in [4.78, 5) is 14.7. The van der Waals surface area contributed by atoms with Crippen LogP contribution in [0.3, 0.4) is 0 Å². The molecule has 0 aliphatic carbocycles. The summed E-state index contributed by atoms with van der Waals surface area (Å²) in [6.07, 6.45) is 5.24. The fourth-order valence-electron chi connectivity index (χ4n) is 3.75. The van der Waals surface area contributed by atoms with Crippen molar-refractivity contribution < 1.29 is 4.79 Å². The molecular weight excluding hydrogens is 296 g/mol. The number of hydrogen-bond donors (Lipinski definition) is 1. The maximum atomic E-state index is 12.6. The van der Waals surface area contributed by atoms with Crippen LogP contribution in [0.5, 0.6) is 0 Å². The van der Waals surface area contributed by atoms with Crippen molar-refractivity contribution in [1.29, 1.82) is 0 Å². The van der Waals surface area contributed by atoms with Crippen molar-refractivity contribution in [2.45, 2.75) is 45.1 Å². The highest BCUT2D eigenvalue weighted by Crippen LogP contribution is 2.30. The smallest absolute Gasteiger partial charge is 0.223 e. The molecule has 1 aromatic rings. The summed E-state index contributed by atoms with van der Waals surface area (Å²) in [6.45, 7) is 5.28. The van der Waals surface area contributed by atoms with Crippen LogP contribution in [0, 0.1) is 5.92 Å². The number of benzene rings is 1. The van der Waals surface area contributed by atoms with Crippen LogP contribution < -0.4 is 5.32 Å². The number of nitrogens with zero attached hydrogens (tertiary/aromatic N) is 1. The maximum absolute atomic E-state index is 12.6. The molecule has 3 rings (SSSR count). The van der Waals surface area contributed by atoms with Crippen LogP contribution in [0.25, 0.3) is 0 Å². The second kappa shape index (κ2) is 7.98. The first-order valence-electron chi connectivity index (χ1n) is 8.33. The molecule has 0 radical (unpaired) electrons. The van der Waals surface area contributed by atoms with E-state index in [-0.39, 0.29) is 18.4 Å². The minimum atomic E-state index is 0. The SMILES string of the molecule is CC1c2ccccc2CCN1C(=O)CCC1CCNCC1.Cl. The van der Waals surface area contributed by atoms with Gasteiger partial charge in [0.1, 0.15) is 0 Å². The molecule has 1 fully saturated rings. The Hall–Kier alpha value is -1.06. The largest absolute Gasteiger partial charge is 0.336 e. The van der Waals surface area contributed by atoms with E-state index < -0.39 is 0 Å². The molecule has 0 aromatic heterocycles. The molecule has 0 spiro atoms. The van der Waals surface area contributed by atoms with Crippen LogP contribution >= 0.6 is 12.4 Å². The van der Waals surface area contributed by atoms with Gasteiger partial charge in [-0.05, 0) is 62.7 Å². The highest BCUT2D eigenvalue weighted by atomic mass is 35.5. The molecule has 1 atom stereocenters. The van der Waals surface area contributed by atoms with E-state index in [0.29, 0.717) is 5.91 Å². The number of fused-ring (bicyclic) bond motifs is 1. The lowest BCUT2D eigenvalue weighted by Crippen LogP contribution is -2.39. The zero-order valence-electron chi connectivity index (χ0n) is 13.4. The molecule has 1 aromatic carbocycles. The average Bonchev–Trinajstić information content (AvgIpc) is 2.54. The van der Waals surface area contributed by atoms with Gasteiger partial charge in [-0.3, -0.25) is 4.79 Å². The van der Waals surface area contributed by atoms with Crippen molar-refractivity contribution in [2.24, 2.45) is 5.92 Å². The molecule has 1 saturated heterocycles. The molecule has 22 heavy (non-hydrogen) atoms. The van der Waals surface area contributed by atoms with Gasteiger partial charge >= 0.3 is 0 Å². The summed E-state index contributed by atoms with van der Waals surface area (Å²) >= 11 is 0. The van der Waals surface area contributed by atoms with Gasteiger partial charge in [0.25, 0.3) is 0 Å². The van der Waals surface area contributed by atoms with Crippen molar-refractivity contribution in [2.75, 3.05) is 19.6 Å². The molecular formula is C18H27ClN2O. The van der Waals surface area contributed by atoms with Crippen LogP contribution in [-0.2, 0) is 11.2 Å². The van der Waals surface area contributed by atoms with Crippen LogP contribution in [0.2, 0.25) is 0 Å². The predicted octanol–water partition coefficient (Wildman–Crippen LogP) is 3.33. The van der Waals surface area contributed by atoms with Gasteiger partial charge in [-0.25, -0.2) is 0 Å². The molecule has 1 unspecified atom stereocenters. The molecule has 0 saturated carbocycles. The van der Waals surface area contributed by atoms with Gasteiger partial charge < -0.3 is 10.2 Å². The Balaban J connectivity index is 0.00000176. The topological polar surface area (TPSA) is 32.3 Å². The van der Waals surface area contributed by atoms with E-state index >= 15 is 0 Å². The van der Waals surface area contributed by atoms with E-state index in [1.807, 2.05) is 0 Å². The quantitative estimate of drug-likeness (QED) is 0.925. The second-order valence-electron chi connectivity index (χ2n) is 6.44. The standard InChI is InChI=1S/C18H26N2O.ClH/c1-14-17-5-3-2-4-16(17)10-13-20(14)18(21)7-6-15-8-11-19-12-9-15;/h2-5,14-15,19H,6-13H2,1H3;1H. The van der Waals surface area contributed by atoms with E-state index in [0.717, 1.165) is 44.8 Å². The molecule has 1 amide bonds. The number of carbonyl (C=O) groups excluding carboxylic acids is 1. The zero-order valence-corrected chi connectivity index (χ0v) is 14.2. The van der Waals surface area contributed by atoms with Crippen LogP contribution in [-0.4, -0.2) is 30.4 Å². The highest BCUT2D eigenvalue weighted by Gasteiger charge is 2.27. The second-order valence-corrected chi connectivity index (χ2v) is 6.44. The Bertz CT molecular complexity index is 500. The Morgan fingerprint density at radius 2 is 2.00 bits per heavy atom.